The molecule has 0 bridgehead atoms. The van der Waals surface area contributed by atoms with Crippen LogP contribution in [-0.2, 0) is 0 Å². The van der Waals surface area contributed by atoms with Gasteiger partial charge in [-0.15, -0.1) is 22.1 Å². The van der Waals surface area contributed by atoms with Crippen molar-refractivity contribution in [2.45, 2.75) is 47.0 Å². The number of hydrogen-bond acceptors (Lipinski definition) is 2. The van der Waals surface area contributed by atoms with Crippen LogP contribution in [0.25, 0.3) is 0 Å². The highest BCUT2D eigenvalue weighted by atomic mass is 79.9. The molecule has 1 aliphatic heterocycles. The van der Waals surface area contributed by atoms with Crippen LogP contribution >= 0.6 is 17.0 Å². The van der Waals surface area contributed by atoms with Gasteiger partial charge in [0.2, 0.25) is 5.96 Å². The molecule has 0 unspecified atom stereocenters. The first kappa shape index (κ1) is 18.6. The van der Waals surface area contributed by atoms with E-state index in [1.54, 1.807) is 0 Å². The summed E-state index contributed by atoms with van der Waals surface area (Å²) in [7, 11) is 0. The summed E-state index contributed by atoms with van der Waals surface area (Å²) in [6.45, 7) is 15.2. The van der Waals surface area contributed by atoms with Crippen LogP contribution in [0, 0.1) is 0 Å². The molecule has 114 valence electrons. The predicted octanol–water partition coefficient (Wildman–Crippen LogP) is 3.00. The molecule has 1 rings (SSSR count). The molecule has 1 aliphatic rings. The minimum atomic E-state index is 0. The summed E-state index contributed by atoms with van der Waals surface area (Å²) in [6.07, 6.45) is 3.93. The van der Waals surface area contributed by atoms with E-state index in [-0.39, 0.29) is 17.0 Å². The van der Waals surface area contributed by atoms with Crippen LogP contribution in [0.2, 0.25) is 0 Å². The first-order valence-electron chi connectivity index (χ1n) is 7.60. The Morgan fingerprint density at radius 2 is 1.26 bits per heavy atom. The topological polar surface area (TPSA) is 22.1 Å². The van der Waals surface area contributed by atoms with Gasteiger partial charge >= 0.3 is 0 Å². The Hall–Kier alpha value is -0.450. The number of rotatable bonds is 5. The Morgan fingerprint density at radius 1 is 0.842 bits per heavy atom. The van der Waals surface area contributed by atoms with Crippen molar-refractivity contribution < 1.29 is 0 Å². The normalized spacial score (nSPS) is 14.6. The maximum absolute atomic E-state index is 4.92. The standard InChI is InChI=1S/C14H30N4.BrH/c1-5-16(6-2)14(17(7-3)8-4)15-18-12-10-9-11-13-18;/h5-13H2,1-4H3;1H. The summed E-state index contributed by atoms with van der Waals surface area (Å²) < 4.78 is 0. The zero-order valence-electron chi connectivity index (χ0n) is 13.1. The van der Waals surface area contributed by atoms with Gasteiger partial charge in [-0.25, -0.2) is 0 Å². The Labute approximate surface area is 129 Å². The van der Waals surface area contributed by atoms with E-state index in [4.69, 9.17) is 5.10 Å². The number of halogens is 1. The monoisotopic (exact) mass is 334 g/mol. The van der Waals surface area contributed by atoms with Crippen LogP contribution in [0.15, 0.2) is 5.10 Å². The lowest BCUT2D eigenvalue weighted by Crippen LogP contribution is -2.46. The summed E-state index contributed by atoms with van der Waals surface area (Å²) in [4.78, 5) is 4.73. The van der Waals surface area contributed by atoms with Crippen molar-refractivity contribution in [2.24, 2.45) is 5.10 Å². The molecule has 0 aromatic heterocycles. The lowest BCUT2D eigenvalue weighted by atomic mass is 10.2. The molecule has 0 saturated carbocycles. The second-order valence-electron chi connectivity index (χ2n) is 4.76. The highest BCUT2D eigenvalue weighted by molar-refractivity contribution is 8.93. The molecule has 0 aromatic rings. The summed E-state index contributed by atoms with van der Waals surface area (Å²) in [5.41, 5.74) is 0. The molecule has 1 saturated heterocycles. The van der Waals surface area contributed by atoms with Gasteiger partial charge in [-0.3, -0.25) is 5.01 Å². The second-order valence-corrected chi connectivity index (χ2v) is 4.76. The van der Waals surface area contributed by atoms with Crippen LogP contribution in [0.3, 0.4) is 0 Å². The molecule has 19 heavy (non-hydrogen) atoms. The van der Waals surface area contributed by atoms with Crippen molar-refractivity contribution in [1.82, 2.24) is 14.8 Å². The van der Waals surface area contributed by atoms with Gasteiger partial charge in [0.15, 0.2) is 0 Å². The van der Waals surface area contributed by atoms with Crippen molar-refractivity contribution in [3.63, 3.8) is 0 Å². The average molecular weight is 335 g/mol. The number of piperidine rings is 1. The lowest BCUT2D eigenvalue weighted by molar-refractivity contribution is 0.222. The number of nitrogens with zero attached hydrogens (tertiary/aromatic N) is 4. The zero-order chi connectivity index (χ0) is 13.4. The van der Waals surface area contributed by atoms with Crippen LogP contribution in [-0.4, -0.2) is 60.0 Å². The van der Waals surface area contributed by atoms with Crippen LogP contribution in [0.1, 0.15) is 47.0 Å². The summed E-state index contributed by atoms with van der Waals surface area (Å²) in [5.74, 6) is 1.16. The molecule has 0 spiro atoms. The van der Waals surface area contributed by atoms with E-state index in [0.717, 1.165) is 45.2 Å². The molecule has 0 radical (unpaired) electrons. The van der Waals surface area contributed by atoms with Gasteiger partial charge in [0.1, 0.15) is 0 Å². The van der Waals surface area contributed by atoms with Crippen molar-refractivity contribution in [3.8, 4) is 0 Å². The summed E-state index contributed by atoms with van der Waals surface area (Å²) in [6, 6.07) is 0. The van der Waals surface area contributed by atoms with E-state index in [2.05, 4.69) is 42.5 Å². The van der Waals surface area contributed by atoms with Gasteiger partial charge in [-0.2, -0.15) is 0 Å². The molecular weight excluding hydrogens is 304 g/mol. The fourth-order valence-electron chi connectivity index (χ4n) is 2.44. The average Bonchev–Trinajstić information content (AvgIpc) is 2.42. The van der Waals surface area contributed by atoms with E-state index in [9.17, 15) is 0 Å². The maximum Gasteiger partial charge on any atom is 0.219 e. The third kappa shape index (κ3) is 5.59. The minimum absolute atomic E-state index is 0. The Balaban J connectivity index is 0.00000324. The van der Waals surface area contributed by atoms with Gasteiger partial charge in [0.25, 0.3) is 0 Å². The highest BCUT2D eigenvalue weighted by Crippen LogP contribution is 2.10. The fourth-order valence-corrected chi connectivity index (χ4v) is 2.44. The fraction of sp³-hybridized carbons (Fsp3) is 0.929. The first-order valence-corrected chi connectivity index (χ1v) is 7.60. The van der Waals surface area contributed by atoms with Crippen molar-refractivity contribution in [3.05, 3.63) is 0 Å². The number of hydrazone groups is 1. The highest BCUT2D eigenvalue weighted by Gasteiger charge is 2.16. The largest absolute Gasteiger partial charge is 0.342 e. The van der Waals surface area contributed by atoms with Gasteiger partial charge < -0.3 is 9.80 Å². The van der Waals surface area contributed by atoms with E-state index in [1.807, 2.05) is 0 Å². The third-order valence-corrected chi connectivity index (χ3v) is 3.66. The SMILES string of the molecule is Br.CCN(CC)C(=NN1CCCCC1)N(CC)CC. The second kappa shape index (κ2) is 10.4. The first-order chi connectivity index (χ1) is 8.76. The molecule has 0 aliphatic carbocycles. The minimum Gasteiger partial charge on any atom is -0.342 e. The maximum atomic E-state index is 4.92. The van der Waals surface area contributed by atoms with Crippen molar-refractivity contribution >= 4 is 22.9 Å². The van der Waals surface area contributed by atoms with E-state index in [0.29, 0.717) is 0 Å². The lowest BCUT2D eigenvalue weighted by Gasteiger charge is -2.34. The molecule has 0 N–H and O–H groups in total. The Bertz CT molecular complexity index is 230. The number of hydrogen-bond donors (Lipinski definition) is 0. The van der Waals surface area contributed by atoms with Crippen molar-refractivity contribution in [2.75, 3.05) is 39.3 Å². The summed E-state index contributed by atoms with van der Waals surface area (Å²) >= 11 is 0. The molecule has 5 heteroatoms. The van der Waals surface area contributed by atoms with E-state index in [1.165, 1.54) is 19.3 Å². The molecule has 0 amide bonds. The Kier molecular flexibility index (Phi) is 10.1. The van der Waals surface area contributed by atoms with Gasteiger partial charge in [-0.1, -0.05) is 0 Å². The van der Waals surface area contributed by atoms with E-state index >= 15 is 0 Å². The quantitative estimate of drug-likeness (QED) is 0.570. The third-order valence-electron chi connectivity index (χ3n) is 3.66. The van der Waals surface area contributed by atoms with Gasteiger partial charge in [-0.05, 0) is 47.0 Å². The molecule has 4 nitrogen and oxygen atoms in total. The van der Waals surface area contributed by atoms with E-state index < -0.39 is 0 Å². The van der Waals surface area contributed by atoms with Crippen molar-refractivity contribution in [1.29, 1.82) is 0 Å². The number of guanidine groups is 1. The van der Waals surface area contributed by atoms with Gasteiger partial charge in [0.05, 0.1) is 0 Å². The molecule has 0 aromatic carbocycles. The smallest absolute Gasteiger partial charge is 0.219 e. The van der Waals surface area contributed by atoms with Crippen LogP contribution < -0.4 is 0 Å². The predicted molar refractivity (Wildman–Crippen MR) is 89.0 cm³/mol. The van der Waals surface area contributed by atoms with Crippen LogP contribution in [0.4, 0.5) is 0 Å². The molecule has 0 atom stereocenters. The molecule has 1 fully saturated rings. The molecule has 1 heterocycles. The zero-order valence-corrected chi connectivity index (χ0v) is 14.8. The van der Waals surface area contributed by atoms with Gasteiger partial charge in [0, 0.05) is 39.3 Å². The Morgan fingerprint density at radius 3 is 1.63 bits per heavy atom. The van der Waals surface area contributed by atoms with Crippen LogP contribution in [0.5, 0.6) is 0 Å². The molecular formula is C14H31BrN4. The summed E-state index contributed by atoms with van der Waals surface area (Å²) in [5, 5.41) is 7.18.